The summed E-state index contributed by atoms with van der Waals surface area (Å²) in [4.78, 5) is 20.5. The molecule has 0 atom stereocenters. The molecule has 0 aliphatic carbocycles. The van der Waals surface area contributed by atoms with E-state index in [4.69, 9.17) is 11.6 Å². The highest BCUT2D eigenvalue weighted by Gasteiger charge is 2.08. The smallest absolute Gasteiger partial charge is 0.226 e. The van der Waals surface area contributed by atoms with Crippen molar-refractivity contribution in [3.05, 3.63) is 70.1 Å². The van der Waals surface area contributed by atoms with Crippen LogP contribution in [-0.4, -0.2) is 22.4 Å². The third-order valence-electron chi connectivity index (χ3n) is 3.50. The van der Waals surface area contributed by atoms with Crippen LogP contribution in [0.3, 0.4) is 0 Å². The second-order valence-corrected chi connectivity index (χ2v) is 6.83. The van der Waals surface area contributed by atoms with Crippen molar-refractivity contribution in [3.8, 4) is 0 Å². The molecule has 0 saturated heterocycles. The van der Waals surface area contributed by atoms with Crippen molar-refractivity contribution < 1.29 is 9.18 Å². The standard InChI is InChI=1S/C18H16ClFN4OS/c19-13-3-6-16(22-10-13)24-18-23-15(11-26-18)9-17(25)21-8-7-12-1-4-14(20)5-2-12/h1-6,10-11H,7-9H2,(H,21,25)(H,22,23,24). The summed E-state index contributed by atoms with van der Waals surface area (Å²) in [7, 11) is 0. The summed E-state index contributed by atoms with van der Waals surface area (Å²) in [6.45, 7) is 0.494. The van der Waals surface area contributed by atoms with Gasteiger partial charge in [-0.05, 0) is 36.2 Å². The van der Waals surface area contributed by atoms with E-state index in [0.717, 1.165) is 5.56 Å². The molecule has 2 heterocycles. The van der Waals surface area contributed by atoms with E-state index in [2.05, 4.69) is 20.6 Å². The molecule has 0 saturated carbocycles. The Morgan fingerprint density at radius 2 is 2.00 bits per heavy atom. The minimum Gasteiger partial charge on any atom is -0.355 e. The Hall–Kier alpha value is -2.51. The van der Waals surface area contributed by atoms with Crippen molar-refractivity contribution in [1.29, 1.82) is 0 Å². The highest BCUT2D eigenvalue weighted by molar-refractivity contribution is 7.13. The van der Waals surface area contributed by atoms with Gasteiger partial charge in [-0.15, -0.1) is 11.3 Å². The van der Waals surface area contributed by atoms with E-state index in [1.165, 1.54) is 23.5 Å². The van der Waals surface area contributed by atoms with Gasteiger partial charge >= 0.3 is 0 Å². The van der Waals surface area contributed by atoms with E-state index < -0.39 is 0 Å². The van der Waals surface area contributed by atoms with Crippen LogP contribution in [0.2, 0.25) is 5.02 Å². The molecular weight excluding hydrogens is 375 g/mol. The predicted molar refractivity (Wildman–Crippen MR) is 101 cm³/mol. The first-order valence-corrected chi connectivity index (χ1v) is 9.18. The molecule has 0 fully saturated rings. The molecule has 0 aliphatic heterocycles. The number of hydrogen-bond acceptors (Lipinski definition) is 5. The highest BCUT2D eigenvalue weighted by atomic mass is 35.5. The largest absolute Gasteiger partial charge is 0.355 e. The molecular formula is C18H16ClFN4OS. The van der Waals surface area contributed by atoms with E-state index in [1.807, 2.05) is 5.38 Å². The lowest BCUT2D eigenvalue weighted by atomic mass is 10.1. The topological polar surface area (TPSA) is 66.9 Å². The molecule has 5 nitrogen and oxygen atoms in total. The number of rotatable bonds is 7. The molecule has 26 heavy (non-hydrogen) atoms. The Bertz CT molecular complexity index is 868. The van der Waals surface area contributed by atoms with E-state index in [9.17, 15) is 9.18 Å². The van der Waals surface area contributed by atoms with E-state index in [-0.39, 0.29) is 18.1 Å². The summed E-state index contributed by atoms with van der Waals surface area (Å²) in [6.07, 6.45) is 2.40. The maximum absolute atomic E-state index is 12.8. The van der Waals surface area contributed by atoms with Gasteiger partial charge in [-0.1, -0.05) is 23.7 Å². The molecule has 0 aliphatic rings. The van der Waals surface area contributed by atoms with Crippen molar-refractivity contribution in [2.24, 2.45) is 0 Å². The molecule has 2 aromatic heterocycles. The number of carbonyl (C=O) groups is 1. The highest BCUT2D eigenvalue weighted by Crippen LogP contribution is 2.20. The predicted octanol–water partition coefficient (Wildman–Crippen LogP) is 3.98. The number of pyridine rings is 1. The Labute approximate surface area is 159 Å². The van der Waals surface area contributed by atoms with Crippen molar-refractivity contribution in [3.63, 3.8) is 0 Å². The van der Waals surface area contributed by atoms with Crippen LogP contribution in [0.15, 0.2) is 48.0 Å². The monoisotopic (exact) mass is 390 g/mol. The fourth-order valence-corrected chi connectivity index (χ4v) is 3.06. The lowest BCUT2D eigenvalue weighted by Crippen LogP contribution is -2.27. The Kier molecular flexibility index (Phi) is 6.14. The van der Waals surface area contributed by atoms with Crippen LogP contribution >= 0.6 is 22.9 Å². The maximum Gasteiger partial charge on any atom is 0.226 e. The first-order chi connectivity index (χ1) is 12.6. The van der Waals surface area contributed by atoms with Gasteiger partial charge in [-0.2, -0.15) is 0 Å². The van der Waals surface area contributed by atoms with Crippen LogP contribution < -0.4 is 10.6 Å². The van der Waals surface area contributed by atoms with Crippen LogP contribution in [0.4, 0.5) is 15.3 Å². The van der Waals surface area contributed by atoms with Gasteiger partial charge in [-0.25, -0.2) is 14.4 Å². The summed E-state index contributed by atoms with van der Waals surface area (Å²) in [5.41, 5.74) is 1.66. The molecule has 1 amide bonds. The van der Waals surface area contributed by atoms with E-state index in [0.29, 0.717) is 34.6 Å². The summed E-state index contributed by atoms with van der Waals surface area (Å²) in [5, 5.41) is 8.97. The fraction of sp³-hybridized carbons (Fsp3) is 0.167. The quantitative estimate of drug-likeness (QED) is 0.640. The van der Waals surface area contributed by atoms with E-state index in [1.54, 1.807) is 30.5 Å². The lowest BCUT2D eigenvalue weighted by Gasteiger charge is -2.04. The zero-order chi connectivity index (χ0) is 18.4. The molecule has 8 heteroatoms. The van der Waals surface area contributed by atoms with Crippen molar-refractivity contribution in [2.45, 2.75) is 12.8 Å². The van der Waals surface area contributed by atoms with Crippen LogP contribution in [0.5, 0.6) is 0 Å². The summed E-state index contributed by atoms with van der Waals surface area (Å²) in [6, 6.07) is 9.74. The number of halogens is 2. The molecule has 134 valence electrons. The van der Waals surface area contributed by atoms with Crippen molar-refractivity contribution in [1.82, 2.24) is 15.3 Å². The fourth-order valence-electron chi connectivity index (χ4n) is 2.23. The average molecular weight is 391 g/mol. The SMILES string of the molecule is O=C(Cc1csc(Nc2ccc(Cl)cn2)n1)NCCc1ccc(F)cc1. The van der Waals surface area contributed by atoms with Crippen LogP contribution in [-0.2, 0) is 17.6 Å². The molecule has 0 spiro atoms. The van der Waals surface area contributed by atoms with Gasteiger partial charge in [0.25, 0.3) is 0 Å². The molecule has 0 unspecified atom stereocenters. The van der Waals surface area contributed by atoms with Crippen LogP contribution in [0, 0.1) is 5.82 Å². The maximum atomic E-state index is 12.8. The normalized spacial score (nSPS) is 10.5. The van der Waals surface area contributed by atoms with Gasteiger partial charge < -0.3 is 10.6 Å². The number of amides is 1. The molecule has 0 bridgehead atoms. The Morgan fingerprint density at radius 1 is 1.19 bits per heavy atom. The zero-order valence-corrected chi connectivity index (χ0v) is 15.3. The second-order valence-electron chi connectivity index (χ2n) is 5.53. The molecule has 3 rings (SSSR count). The molecule has 3 aromatic rings. The minimum absolute atomic E-state index is 0.103. The zero-order valence-electron chi connectivity index (χ0n) is 13.7. The van der Waals surface area contributed by atoms with Crippen LogP contribution in [0.25, 0.3) is 0 Å². The number of carbonyl (C=O) groups excluding carboxylic acids is 1. The third-order valence-corrected chi connectivity index (χ3v) is 4.54. The summed E-state index contributed by atoms with van der Waals surface area (Å²) >= 11 is 7.20. The third kappa shape index (κ3) is 5.50. The Balaban J connectivity index is 1.45. The molecule has 2 N–H and O–H groups in total. The van der Waals surface area contributed by atoms with E-state index >= 15 is 0 Å². The van der Waals surface area contributed by atoms with Crippen molar-refractivity contribution in [2.75, 3.05) is 11.9 Å². The first kappa shape index (κ1) is 18.3. The van der Waals surface area contributed by atoms with Crippen molar-refractivity contribution >= 4 is 39.8 Å². The summed E-state index contributed by atoms with van der Waals surface area (Å²) < 4.78 is 12.8. The van der Waals surface area contributed by atoms with Crippen LogP contribution in [0.1, 0.15) is 11.3 Å². The van der Waals surface area contributed by atoms with Gasteiger partial charge in [0.2, 0.25) is 5.91 Å². The first-order valence-electron chi connectivity index (χ1n) is 7.92. The number of anilines is 2. The number of aromatic nitrogens is 2. The number of nitrogens with one attached hydrogen (secondary N) is 2. The van der Waals surface area contributed by atoms with Gasteiger partial charge in [0.1, 0.15) is 11.6 Å². The average Bonchev–Trinajstić information content (AvgIpc) is 3.05. The molecule has 0 radical (unpaired) electrons. The van der Waals surface area contributed by atoms with Gasteiger partial charge in [0.15, 0.2) is 5.13 Å². The number of nitrogens with zero attached hydrogens (tertiary/aromatic N) is 2. The Morgan fingerprint density at radius 3 is 2.73 bits per heavy atom. The van der Waals surface area contributed by atoms with Gasteiger partial charge in [0, 0.05) is 18.1 Å². The second kappa shape index (κ2) is 8.73. The van der Waals surface area contributed by atoms with Gasteiger partial charge in [-0.3, -0.25) is 4.79 Å². The lowest BCUT2D eigenvalue weighted by molar-refractivity contribution is -0.120. The number of benzene rings is 1. The van der Waals surface area contributed by atoms with Gasteiger partial charge in [0.05, 0.1) is 17.1 Å². The summed E-state index contributed by atoms with van der Waals surface area (Å²) in [5.74, 6) is 0.271. The number of thiazole rings is 1. The number of hydrogen-bond donors (Lipinski definition) is 2. The minimum atomic E-state index is -0.264. The molecule has 1 aromatic carbocycles.